The zero-order valence-electron chi connectivity index (χ0n) is 43.9. The molecule has 0 aliphatic rings. The lowest BCUT2D eigenvalue weighted by Gasteiger charge is -2.27. The first-order valence-corrected chi connectivity index (χ1v) is 27.2. The van der Waals surface area contributed by atoms with Gasteiger partial charge >= 0.3 is 0 Å². The minimum Gasteiger partial charge on any atom is -0.355 e. The van der Waals surface area contributed by atoms with Crippen LogP contribution in [0.4, 0.5) is 22.7 Å². The monoisotopic (exact) mass is 1020 g/mol. The maximum atomic E-state index is 6.73. The number of fused-ring (bicyclic) bond motifs is 9. The summed E-state index contributed by atoms with van der Waals surface area (Å²) in [5.74, 6) is 3.20. The number of aromatic nitrogens is 3. The quantitative estimate of drug-likeness (QED) is 0.138. The summed E-state index contributed by atoms with van der Waals surface area (Å²) < 4.78 is 7.07. The normalized spacial score (nSPS) is 11.9. The van der Waals surface area contributed by atoms with E-state index in [9.17, 15) is 0 Å². The van der Waals surface area contributed by atoms with Crippen molar-refractivity contribution in [3.63, 3.8) is 0 Å². The van der Waals surface area contributed by atoms with Crippen molar-refractivity contribution < 1.29 is 0 Å². The van der Waals surface area contributed by atoms with E-state index in [-0.39, 0.29) is 0 Å². The Morgan fingerprint density at radius 3 is 1.62 bits per heavy atom. The van der Waals surface area contributed by atoms with Gasteiger partial charge in [-0.25, -0.2) is 0 Å². The summed E-state index contributed by atoms with van der Waals surface area (Å²) in [6.07, 6.45) is 8.94. The van der Waals surface area contributed by atoms with Gasteiger partial charge in [-0.3, -0.25) is 0 Å². The van der Waals surface area contributed by atoms with Crippen molar-refractivity contribution in [3.8, 4) is 40.5 Å². The maximum Gasteiger partial charge on any atom is 0.0974 e. The molecular weight excluding hydrogens is 971 g/mol. The lowest BCUT2D eigenvalue weighted by molar-refractivity contribution is 1.05. The van der Waals surface area contributed by atoms with Gasteiger partial charge in [0.25, 0.3) is 0 Å². The first-order valence-electron chi connectivity index (χ1n) is 27.2. The number of anilines is 4. The summed E-state index contributed by atoms with van der Waals surface area (Å²) in [6.45, 7) is 2.19. The molecule has 0 saturated heterocycles. The Morgan fingerprint density at radius 2 is 0.925 bits per heavy atom. The Morgan fingerprint density at radius 1 is 0.412 bits per heavy atom. The van der Waals surface area contributed by atoms with E-state index in [0.717, 1.165) is 111 Å². The molecule has 0 amide bonds. The second kappa shape index (κ2) is 19.0. The van der Waals surface area contributed by atoms with Crippen LogP contribution in [0, 0.1) is 19.3 Å². The zero-order chi connectivity index (χ0) is 53.3. The summed E-state index contributed by atoms with van der Waals surface area (Å²) in [5, 5.41) is 14.3. The third kappa shape index (κ3) is 7.57. The number of hydrogen-bond acceptors (Lipinski definition) is 2. The topological polar surface area (TPSA) is 30.1 Å². The van der Waals surface area contributed by atoms with Crippen molar-refractivity contribution in [2.24, 2.45) is 0 Å². The molecule has 15 rings (SSSR count). The van der Waals surface area contributed by atoms with Crippen LogP contribution in [-0.2, 0) is 0 Å². The molecule has 0 spiro atoms. The SMILES string of the molecule is C#C/C(=C\c1c(C)n(-c2ccccc2)c2ccccc12)N(c1ccc2c(c1)c1ccccc1n2-c1ccc(-c2cccc3c(Nc4ccc5c(c4)c4ccccc4n5-c4ccccc4)cccc23)cc1)c1cccc2ccccc12. The van der Waals surface area contributed by atoms with Crippen LogP contribution in [-0.4, -0.2) is 13.7 Å². The fourth-order valence-electron chi connectivity index (χ4n) is 12.5. The largest absolute Gasteiger partial charge is 0.355 e. The van der Waals surface area contributed by atoms with Gasteiger partial charge in [0.15, 0.2) is 0 Å². The minimum absolute atomic E-state index is 0.736. The second-order valence-corrected chi connectivity index (χ2v) is 20.5. The van der Waals surface area contributed by atoms with E-state index in [2.05, 4.69) is 316 Å². The van der Waals surface area contributed by atoms with E-state index >= 15 is 0 Å². The third-order valence-corrected chi connectivity index (χ3v) is 16.1. The molecule has 0 fully saturated rings. The lowest BCUT2D eigenvalue weighted by atomic mass is 9.97. The molecule has 80 heavy (non-hydrogen) atoms. The van der Waals surface area contributed by atoms with Crippen LogP contribution in [0.1, 0.15) is 11.3 Å². The number of hydrogen-bond donors (Lipinski definition) is 1. The molecule has 1 N–H and O–H groups in total. The molecule has 12 aromatic carbocycles. The number of rotatable bonds is 10. The molecule has 0 aliphatic heterocycles. The number of terminal acetylenes is 1. The Balaban J connectivity index is 0.809. The van der Waals surface area contributed by atoms with E-state index in [1.54, 1.807) is 0 Å². The van der Waals surface area contributed by atoms with Crippen molar-refractivity contribution in [3.05, 3.63) is 290 Å². The van der Waals surface area contributed by atoms with Crippen molar-refractivity contribution >= 4 is 105 Å². The average molecular weight is 1020 g/mol. The van der Waals surface area contributed by atoms with E-state index in [4.69, 9.17) is 6.42 Å². The number of nitrogens with one attached hydrogen (secondary N) is 1. The smallest absolute Gasteiger partial charge is 0.0974 e. The van der Waals surface area contributed by atoms with Crippen LogP contribution in [0.3, 0.4) is 0 Å². The molecule has 3 heterocycles. The van der Waals surface area contributed by atoms with Gasteiger partial charge in [-0.05, 0) is 138 Å². The van der Waals surface area contributed by atoms with Crippen molar-refractivity contribution in [1.29, 1.82) is 0 Å². The highest BCUT2D eigenvalue weighted by Crippen LogP contribution is 2.43. The van der Waals surface area contributed by atoms with Gasteiger partial charge in [-0.2, -0.15) is 0 Å². The molecule has 0 saturated carbocycles. The van der Waals surface area contributed by atoms with Crippen LogP contribution in [0.2, 0.25) is 0 Å². The van der Waals surface area contributed by atoms with E-state index in [0.29, 0.717) is 0 Å². The molecule has 0 unspecified atom stereocenters. The van der Waals surface area contributed by atoms with Crippen molar-refractivity contribution in [2.75, 3.05) is 10.2 Å². The first kappa shape index (κ1) is 46.5. The summed E-state index contributed by atoms with van der Waals surface area (Å²) in [4.78, 5) is 2.27. The Hall–Kier alpha value is -10.8. The average Bonchev–Trinajstić information content (AvgIpc) is 4.35. The fraction of sp³-hybridized carbons (Fsp3) is 0.0133. The Labute approximate surface area is 463 Å². The molecule has 3 aromatic heterocycles. The third-order valence-electron chi connectivity index (χ3n) is 16.1. The highest BCUT2D eigenvalue weighted by atomic mass is 15.1. The fourth-order valence-corrected chi connectivity index (χ4v) is 12.5. The minimum atomic E-state index is 0.736. The molecule has 0 radical (unpaired) electrons. The van der Waals surface area contributed by atoms with Gasteiger partial charge in [0.05, 0.1) is 39.0 Å². The van der Waals surface area contributed by atoms with Gasteiger partial charge < -0.3 is 23.9 Å². The second-order valence-electron chi connectivity index (χ2n) is 20.5. The number of nitrogens with zero attached hydrogens (tertiary/aromatic N) is 4. The molecular formula is C75H51N5. The highest BCUT2D eigenvalue weighted by molar-refractivity contribution is 6.13. The Kier molecular flexibility index (Phi) is 11.1. The molecule has 0 atom stereocenters. The van der Waals surface area contributed by atoms with E-state index in [1.165, 1.54) is 32.8 Å². The van der Waals surface area contributed by atoms with Gasteiger partial charge in [0.2, 0.25) is 0 Å². The summed E-state index contributed by atoms with van der Waals surface area (Å²) in [7, 11) is 0. The maximum absolute atomic E-state index is 6.73. The van der Waals surface area contributed by atoms with Crippen LogP contribution < -0.4 is 10.2 Å². The molecule has 15 aromatic rings. The number of benzene rings is 12. The number of para-hydroxylation sites is 5. The standard InChI is InChI=1S/C75H51N5/c1-3-54(48-66-50(2)77(55-23-6-4-7-24-55)71-35-15-12-28-63(66)71)78(70-38-18-22-51-21-10-11-27-60(51)70)58-44-46-75-68(49-58)65-30-14-17-37-73(65)80(75)57-42-39-52(40-43-57)59-31-19-33-62-61(59)32-20-34-69(62)76-53-41-45-74-67(47-53)64-29-13-16-36-72(64)79(74)56-25-8-5-9-26-56/h1,4-49,76H,2H3/b54-48+. The molecule has 0 aliphatic carbocycles. The zero-order valence-corrected chi connectivity index (χ0v) is 43.9. The lowest BCUT2D eigenvalue weighted by Crippen LogP contribution is -2.16. The first-order chi connectivity index (χ1) is 39.6. The van der Waals surface area contributed by atoms with Crippen LogP contribution in [0.5, 0.6) is 0 Å². The van der Waals surface area contributed by atoms with E-state index in [1.807, 2.05) is 0 Å². The Bertz CT molecular complexity index is 4980. The van der Waals surface area contributed by atoms with Gasteiger partial charge in [-0.1, -0.05) is 176 Å². The molecule has 5 heteroatoms. The van der Waals surface area contributed by atoms with Crippen LogP contribution in [0.15, 0.2) is 279 Å². The molecule has 376 valence electrons. The van der Waals surface area contributed by atoms with Crippen LogP contribution in [0.25, 0.3) is 110 Å². The van der Waals surface area contributed by atoms with Gasteiger partial charge in [0, 0.05) is 83.1 Å². The molecule has 0 bridgehead atoms. The van der Waals surface area contributed by atoms with Crippen molar-refractivity contribution in [1.82, 2.24) is 13.7 Å². The predicted molar refractivity (Wildman–Crippen MR) is 339 cm³/mol. The number of allylic oxidation sites excluding steroid dienone is 1. The van der Waals surface area contributed by atoms with Crippen LogP contribution >= 0.6 is 0 Å². The molecule has 5 nitrogen and oxygen atoms in total. The van der Waals surface area contributed by atoms with E-state index < -0.39 is 0 Å². The van der Waals surface area contributed by atoms with Gasteiger partial charge in [0.1, 0.15) is 0 Å². The summed E-state index contributed by atoms with van der Waals surface area (Å²) in [5.41, 5.74) is 18.4. The predicted octanol–water partition coefficient (Wildman–Crippen LogP) is 19.7. The highest BCUT2D eigenvalue weighted by Gasteiger charge is 2.23. The summed E-state index contributed by atoms with van der Waals surface area (Å²) in [6, 6.07) is 97.9. The summed E-state index contributed by atoms with van der Waals surface area (Å²) >= 11 is 0. The van der Waals surface area contributed by atoms with Crippen molar-refractivity contribution in [2.45, 2.75) is 6.92 Å². The van der Waals surface area contributed by atoms with Gasteiger partial charge in [-0.15, -0.1) is 6.42 Å².